The van der Waals surface area contributed by atoms with Crippen LogP contribution in [-0.2, 0) is 11.3 Å². The first-order chi connectivity index (χ1) is 13.5. The van der Waals surface area contributed by atoms with Crippen LogP contribution in [-0.4, -0.2) is 27.0 Å². The van der Waals surface area contributed by atoms with Crippen molar-refractivity contribution in [2.24, 2.45) is 5.92 Å². The molecule has 0 saturated heterocycles. The molecular formula is C23H26N2O3. The molecule has 1 fully saturated rings. The molecule has 0 amide bonds. The predicted octanol–water partition coefficient (Wildman–Crippen LogP) is 4.72. The number of ether oxygens (including phenoxy) is 1. The summed E-state index contributed by atoms with van der Waals surface area (Å²) in [6.45, 7) is 4.94. The van der Waals surface area contributed by atoms with E-state index in [2.05, 4.69) is 44.2 Å². The van der Waals surface area contributed by atoms with Crippen molar-refractivity contribution in [1.82, 2.24) is 9.78 Å². The number of aromatic nitrogens is 2. The first kappa shape index (κ1) is 18.5. The van der Waals surface area contributed by atoms with Gasteiger partial charge in [-0.25, -0.2) is 0 Å². The molecule has 0 unspecified atom stereocenters. The molecule has 5 nitrogen and oxygen atoms in total. The molecule has 1 heterocycles. The van der Waals surface area contributed by atoms with E-state index in [9.17, 15) is 4.79 Å². The topological polar surface area (TPSA) is 64.4 Å². The highest BCUT2D eigenvalue weighted by Gasteiger charge is 2.27. The first-order valence-electron chi connectivity index (χ1n) is 9.92. The maximum atomic E-state index is 11.1. The fraction of sp³-hybridized carbons (Fsp3) is 0.391. The number of hydrogen-bond donors (Lipinski definition) is 1. The number of carboxylic acid groups (broad SMARTS) is 1. The Hall–Kier alpha value is -2.82. The number of carbonyl (C=O) groups is 1. The van der Waals surface area contributed by atoms with Gasteiger partial charge in [0.2, 0.25) is 0 Å². The summed E-state index contributed by atoms with van der Waals surface area (Å²) in [6, 6.07) is 14.6. The van der Waals surface area contributed by atoms with Crippen molar-refractivity contribution in [2.75, 3.05) is 0 Å². The van der Waals surface area contributed by atoms with Gasteiger partial charge in [0.25, 0.3) is 0 Å². The maximum Gasteiger partial charge on any atom is 0.306 e. The quantitative estimate of drug-likeness (QED) is 0.697. The Morgan fingerprint density at radius 2 is 1.93 bits per heavy atom. The van der Waals surface area contributed by atoms with E-state index in [1.54, 1.807) is 0 Å². The molecule has 5 heteroatoms. The normalized spacial score (nSPS) is 19.6. The van der Waals surface area contributed by atoms with Gasteiger partial charge in [0.05, 0.1) is 24.1 Å². The molecule has 2 aromatic carbocycles. The Morgan fingerprint density at radius 3 is 2.64 bits per heavy atom. The average Bonchev–Trinajstić information content (AvgIpc) is 2.97. The van der Waals surface area contributed by atoms with Crippen molar-refractivity contribution in [3.63, 3.8) is 0 Å². The van der Waals surface area contributed by atoms with Gasteiger partial charge in [0.15, 0.2) is 0 Å². The number of aliphatic carboxylic acids is 1. The van der Waals surface area contributed by atoms with Crippen LogP contribution in [0, 0.1) is 19.8 Å². The van der Waals surface area contributed by atoms with Gasteiger partial charge in [0.1, 0.15) is 5.75 Å². The summed E-state index contributed by atoms with van der Waals surface area (Å²) in [5.74, 6) is -0.0942. The average molecular weight is 378 g/mol. The van der Waals surface area contributed by atoms with E-state index in [4.69, 9.17) is 14.9 Å². The van der Waals surface area contributed by atoms with Gasteiger partial charge < -0.3 is 9.84 Å². The molecule has 0 spiro atoms. The molecular weight excluding hydrogens is 352 g/mol. The maximum absolute atomic E-state index is 11.1. The lowest BCUT2D eigenvalue weighted by Crippen LogP contribution is -2.27. The highest BCUT2D eigenvalue weighted by molar-refractivity contribution is 5.82. The second-order valence-electron chi connectivity index (χ2n) is 7.84. The summed E-state index contributed by atoms with van der Waals surface area (Å²) in [5, 5.41) is 15.0. The third-order valence-electron chi connectivity index (χ3n) is 5.72. The Labute approximate surface area is 164 Å². The van der Waals surface area contributed by atoms with Crippen LogP contribution in [0.1, 0.15) is 42.5 Å². The first-order valence-corrected chi connectivity index (χ1v) is 9.92. The van der Waals surface area contributed by atoms with Crippen molar-refractivity contribution in [3.8, 4) is 5.75 Å². The molecule has 1 aliphatic carbocycles. The molecule has 1 N–H and O–H groups in total. The van der Waals surface area contributed by atoms with Gasteiger partial charge >= 0.3 is 5.97 Å². The Bertz CT molecular complexity index is 1000. The standard InChI is InChI=1S/C23H26N2O3/c1-15-4-3-5-17(12-15)14-25-16(2)21-11-10-20(13-22(21)24-25)28-19-8-6-18(7-9-19)23(26)27/h3-5,10-13,18-19H,6-9,14H2,1-2H3,(H,26,27)/t18-,19+. The summed E-state index contributed by atoms with van der Waals surface area (Å²) < 4.78 is 8.18. The second kappa shape index (κ2) is 7.66. The molecule has 0 bridgehead atoms. The molecule has 1 aromatic heterocycles. The fourth-order valence-corrected chi connectivity index (χ4v) is 4.07. The van der Waals surface area contributed by atoms with Crippen molar-refractivity contribution in [1.29, 1.82) is 0 Å². The predicted molar refractivity (Wildman–Crippen MR) is 109 cm³/mol. The number of carboxylic acids is 1. The number of hydrogen-bond acceptors (Lipinski definition) is 3. The molecule has 28 heavy (non-hydrogen) atoms. The van der Waals surface area contributed by atoms with E-state index in [1.807, 2.05) is 16.8 Å². The van der Waals surface area contributed by atoms with E-state index in [-0.39, 0.29) is 12.0 Å². The smallest absolute Gasteiger partial charge is 0.306 e. The molecule has 0 radical (unpaired) electrons. The number of nitrogens with zero attached hydrogens (tertiary/aromatic N) is 2. The summed E-state index contributed by atoms with van der Waals surface area (Å²) >= 11 is 0. The fourth-order valence-electron chi connectivity index (χ4n) is 4.07. The minimum absolute atomic E-state index is 0.0866. The van der Waals surface area contributed by atoms with Crippen LogP contribution in [0.5, 0.6) is 5.75 Å². The molecule has 1 aliphatic rings. The third-order valence-corrected chi connectivity index (χ3v) is 5.72. The third kappa shape index (κ3) is 3.88. The molecule has 146 valence electrons. The second-order valence-corrected chi connectivity index (χ2v) is 7.84. The minimum Gasteiger partial charge on any atom is -0.490 e. The SMILES string of the molecule is Cc1cccc(Cn2nc3cc(O[C@H]4CC[C@@H](C(=O)O)CC4)ccc3c2C)c1. The molecule has 1 saturated carbocycles. The van der Waals surface area contributed by atoms with E-state index in [1.165, 1.54) is 11.1 Å². The Balaban J connectivity index is 1.49. The van der Waals surface area contributed by atoms with Crippen molar-refractivity contribution in [3.05, 3.63) is 59.3 Å². The van der Waals surface area contributed by atoms with Gasteiger partial charge in [-0.05, 0) is 57.2 Å². The van der Waals surface area contributed by atoms with E-state index < -0.39 is 5.97 Å². The summed E-state index contributed by atoms with van der Waals surface area (Å²) in [7, 11) is 0. The van der Waals surface area contributed by atoms with Crippen LogP contribution in [0.2, 0.25) is 0 Å². The summed E-state index contributed by atoms with van der Waals surface area (Å²) in [6.07, 6.45) is 3.04. The van der Waals surface area contributed by atoms with Crippen LogP contribution in [0.15, 0.2) is 42.5 Å². The molecule has 3 aromatic rings. The minimum atomic E-state index is -0.686. The van der Waals surface area contributed by atoms with Gasteiger partial charge in [0, 0.05) is 17.1 Å². The lowest BCUT2D eigenvalue weighted by Gasteiger charge is -2.26. The van der Waals surface area contributed by atoms with Gasteiger partial charge in [-0.3, -0.25) is 9.48 Å². The molecule has 0 atom stereocenters. The van der Waals surface area contributed by atoms with Crippen LogP contribution in [0.25, 0.3) is 10.9 Å². The van der Waals surface area contributed by atoms with Crippen LogP contribution < -0.4 is 4.74 Å². The number of rotatable bonds is 5. The lowest BCUT2D eigenvalue weighted by atomic mass is 9.87. The van der Waals surface area contributed by atoms with E-state index >= 15 is 0 Å². The van der Waals surface area contributed by atoms with Gasteiger partial charge in [-0.1, -0.05) is 29.8 Å². The van der Waals surface area contributed by atoms with Crippen LogP contribution in [0.3, 0.4) is 0 Å². The molecule has 4 rings (SSSR count). The van der Waals surface area contributed by atoms with E-state index in [0.29, 0.717) is 12.8 Å². The number of fused-ring (bicyclic) bond motifs is 1. The van der Waals surface area contributed by atoms with E-state index in [0.717, 1.165) is 41.7 Å². The van der Waals surface area contributed by atoms with Crippen LogP contribution >= 0.6 is 0 Å². The monoisotopic (exact) mass is 378 g/mol. The van der Waals surface area contributed by atoms with Gasteiger partial charge in [-0.15, -0.1) is 0 Å². The number of benzene rings is 2. The zero-order valence-corrected chi connectivity index (χ0v) is 16.4. The Morgan fingerprint density at radius 1 is 1.14 bits per heavy atom. The van der Waals surface area contributed by atoms with Crippen LogP contribution in [0.4, 0.5) is 0 Å². The zero-order chi connectivity index (χ0) is 19.7. The summed E-state index contributed by atoms with van der Waals surface area (Å²) in [5.41, 5.74) is 4.56. The Kier molecular flexibility index (Phi) is 5.07. The number of aryl methyl sites for hydroxylation is 2. The van der Waals surface area contributed by atoms with Crippen molar-refractivity contribution >= 4 is 16.9 Å². The van der Waals surface area contributed by atoms with Crippen molar-refractivity contribution in [2.45, 2.75) is 52.2 Å². The van der Waals surface area contributed by atoms with Gasteiger partial charge in [-0.2, -0.15) is 5.10 Å². The lowest BCUT2D eigenvalue weighted by molar-refractivity contribution is -0.143. The molecule has 0 aliphatic heterocycles. The largest absolute Gasteiger partial charge is 0.490 e. The van der Waals surface area contributed by atoms with Crippen molar-refractivity contribution < 1.29 is 14.6 Å². The highest BCUT2D eigenvalue weighted by atomic mass is 16.5. The highest BCUT2D eigenvalue weighted by Crippen LogP contribution is 2.30. The summed E-state index contributed by atoms with van der Waals surface area (Å²) in [4.78, 5) is 11.1. The zero-order valence-electron chi connectivity index (χ0n) is 16.4.